The molecule has 0 unspecified atom stereocenters. The minimum absolute atomic E-state index is 0.116. The fourth-order valence-corrected chi connectivity index (χ4v) is 5.16. The van der Waals surface area contributed by atoms with Crippen LogP contribution >= 0.6 is 0 Å². The number of phenolic OH excluding ortho intramolecular Hbond substituents is 1. The molecule has 0 aliphatic heterocycles. The van der Waals surface area contributed by atoms with Gasteiger partial charge in [0.05, 0.1) is 25.5 Å². The molecule has 1 saturated carbocycles. The van der Waals surface area contributed by atoms with Crippen molar-refractivity contribution in [2.24, 2.45) is 17.3 Å². The topological polar surface area (TPSA) is 108 Å². The van der Waals surface area contributed by atoms with Crippen LogP contribution in [0, 0.1) is 28.6 Å². The normalized spacial score (nSPS) is 28.5. The van der Waals surface area contributed by atoms with Gasteiger partial charge in [0.1, 0.15) is 5.75 Å². The molecule has 0 amide bonds. The van der Waals surface area contributed by atoms with Gasteiger partial charge in [0.25, 0.3) is 0 Å². The smallest absolute Gasteiger partial charge is 0.306 e. The predicted molar refractivity (Wildman–Crippen MR) is 102 cm³/mol. The number of nitrogens with zero attached hydrogens (tertiary/aromatic N) is 1. The number of hydrogen-bond donors (Lipinski definition) is 2. The summed E-state index contributed by atoms with van der Waals surface area (Å²) in [7, 11) is 0. The first-order valence-electron chi connectivity index (χ1n) is 9.90. The summed E-state index contributed by atoms with van der Waals surface area (Å²) < 4.78 is 5.43. The average molecular weight is 385 g/mol. The van der Waals surface area contributed by atoms with Crippen molar-refractivity contribution in [1.82, 2.24) is 0 Å². The molecule has 0 saturated heterocycles. The summed E-state index contributed by atoms with van der Waals surface area (Å²) in [6, 6.07) is 7.93. The van der Waals surface area contributed by atoms with Crippen LogP contribution in [0.15, 0.2) is 18.2 Å². The Morgan fingerprint density at radius 3 is 2.82 bits per heavy atom. The molecule has 0 radical (unpaired) electrons. The molecule has 3 rings (SSSR count). The van der Waals surface area contributed by atoms with Gasteiger partial charge in [-0.3, -0.25) is 9.59 Å². The number of carboxylic acids is 1. The van der Waals surface area contributed by atoms with Gasteiger partial charge in [-0.25, -0.2) is 0 Å². The number of phenols is 1. The van der Waals surface area contributed by atoms with E-state index in [0.29, 0.717) is 24.0 Å². The van der Waals surface area contributed by atoms with Crippen molar-refractivity contribution in [3.63, 3.8) is 0 Å². The number of fused-ring (bicyclic) bond motifs is 3. The molecule has 0 spiro atoms. The number of hydrogen-bond acceptors (Lipinski definition) is 5. The third-order valence-electron chi connectivity index (χ3n) is 6.65. The third kappa shape index (κ3) is 4.14. The van der Waals surface area contributed by atoms with Crippen LogP contribution < -0.4 is 0 Å². The maximum atomic E-state index is 11.9. The molecule has 0 bridgehead atoms. The van der Waals surface area contributed by atoms with Crippen molar-refractivity contribution in [3.8, 4) is 11.8 Å². The van der Waals surface area contributed by atoms with E-state index in [0.717, 1.165) is 25.7 Å². The van der Waals surface area contributed by atoms with Crippen molar-refractivity contribution in [2.45, 2.75) is 57.8 Å². The second kappa shape index (κ2) is 8.22. The molecule has 6 heteroatoms. The summed E-state index contributed by atoms with van der Waals surface area (Å²) in [5.74, 6) is -0.402. The summed E-state index contributed by atoms with van der Waals surface area (Å²) in [5.41, 5.74) is 2.18. The van der Waals surface area contributed by atoms with Gasteiger partial charge in [-0.15, -0.1) is 0 Å². The molecule has 4 atom stereocenters. The van der Waals surface area contributed by atoms with Crippen molar-refractivity contribution < 1.29 is 24.5 Å². The van der Waals surface area contributed by atoms with Crippen LogP contribution in [0.5, 0.6) is 5.75 Å². The largest absolute Gasteiger partial charge is 0.508 e. The van der Waals surface area contributed by atoms with Gasteiger partial charge < -0.3 is 14.9 Å². The molecule has 150 valence electrons. The Kier molecular flexibility index (Phi) is 5.93. The predicted octanol–water partition coefficient (Wildman–Crippen LogP) is 3.78. The van der Waals surface area contributed by atoms with Crippen LogP contribution in [0.3, 0.4) is 0 Å². The first-order valence-corrected chi connectivity index (χ1v) is 9.90. The Morgan fingerprint density at radius 2 is 2.11 bits per heavy atom. The molecule has 1 fully saturated rings. The Labute approximate surface area is 165 Å². The van der Waals surface area contributed by atoms with E-state index in [1.165, 1.54) is 11.1 Å². The third-order valence-corrected chi connectivity index (χ3v) is 6.65. The van der Waals surface area contributed by atoms with Crippen LogP contribution in [-0.2, 0) is 20.7 Å². The zero-order valence-electron chi connectivity index (χ0n) is 16.2. The maximum Gasteiger partial charge on any atom is 0.306 e. The number of esters is 1. The highest BCUT2D eigenvalue weighted by atomic mass is 16.5. The summed E-state index contributed by atoms with van der Waals surface area (Å²) >= 11 is 0. The molecule has 0 heterocycles. The van der Waals surface area contributed by atoms with E-state index in [1.54, 1.807) is 6.07 Å². The molecular formula is C22H27NO5. The van der Waals surface area contributed by atoms with Crippen molar-refractivity contribution >= 4 is 11.9 Å². The number of ether oxygens (including phenoxy) is 1. The average Bonchev–Trinajstić information content (AvgIpc) is 2.66. The molecule has 1 aromatic carbocycles. The standard InChI is InChI=1S/C22H27NO5/c1-22(13-28-21(27)7-6-20(25)26)10-8-17-16-5-3-15(24)12-14(16)2-4-18(17)19(22)9-11-23/h3,5,12,17-19,24H,2,4,6-10,13H2,1H3,(H,25,26)/t17-,18-,19+,22-/m1/s1. The van der Waals surface area contributed by atoms with E-state index < -0.39 is 11.9 Å². The van der Waals surface area contributed by atoms with Crippen molar-refractivity contribution in [3.05, 3.63) is 29.3 Å². The lowest BCUT2D eigenvalue weighted by Gasteiger charge is -2.51. The highest BCUT2D eigenvalue weighted by Gasteiger charge is 2.48. The summed E-state index contributed by atoms with van der Waals surface area (Å²) in [4.78, 5) is 22.5. The van der Waals surface area contributed by atoms with E-state index >= 15 is 0 Å². The lowest BCUT2D eigenvalue weighted by Crippen LogP contribution is -2.45. The second-order valence-corrected chi connectivity index (χ2v) is 8.41. The van der Waals surface area contributed by atoms with E-state index in [4.69, 9.17) is 9.84 Å². The van der Waals surface area contributed by atoms with Crippen LogP contribution in [0.1, 0.15) is 62.5 Å². The number of nitriles is 1. The quantitative estimate of drug-likeness (QED) is 0.722. The highest BCUT2D eigenvalue weighted by Crippen LogP contribution is 2.56. The number of benzene rings is 1. The van der Waals surface area contributed by atoms with Gasteiger partial charge >= 0.3 is 11.9 Å². The Hall–Kier alpha value is -2.55. The molecule has 2 aliphatic carbocycles. The molecule has 0 aromatic heterocycles. The van der Waals surface area contributed by atoms with Gasteiger partial charge in [0.2, 0.25) is 0 Å². The monoisotopic (exact) mass is 385 g/mol. The number of aromatic hydroxyl groups is 1. The minimum atomic E-state index is -1.02. The molecule has 6 nitrogen and oxygen atoms in total. The fourth-order valence-electron chi connectivity index (χ4n) is 5.16. The van der Waals surface area contributed by atoms with E-state index in [-0.39, 0.29) is 30.8 Å². The van der Waals surface area contributed by atoms with Gasteiger partial charge in [0, 0.05) is 11.8 Å². The number of carboxylic acid groups (broad SMARTS) is 1. The van der Waals surface area contributed by atoms with Crippen molar-refractivity contribution in [1.29, 1.82) is 5.26 Å². The lowest BCUT2D eigenvalue weighted by molar-refractivity contribution is -0.153. The zero-order valence-corrected chi connectivity index (χ0v) is 16.2. The van der Waals surface area contributed by atoms with Crippen LogP contribution in [-0.4, -0.2) is 28.8 Å². The van der Waals surface area contributed by atoms with Gasteiger partial charge in [0.15, 0.2) is 0 Å². The molecule has 2 aliphatic rings. The summed E-state index contributed by atoms with van der Waals surface area (Å²) in [5, 5.41) is 27.9. The fraction of sp³-hybridized carbons (Fsp3) is 0.591. The Balaban J connectivity index is 1.75. The number of carbonyl (C=O) groups is 2. The van der Waals surface area contributed by atoms with E-state index in [1.807, 2.05) is 12.1 Å². The molecule has 2 N–H and O–H groups in total. The van der Waals surface area contributed by atoms with Crippen LogP contribution in [0.2, 0.25) is 0 Å². The van der Waals surface area contributed by atoms with E-state index in [9.17, 15) is 20.0 Å². The summed E-state index contributed by atoms with van der Waals surface area (Å²) in [6.45, 7) is 2.31. The first-order chi connectivity index (χ1) is 13.3. The van der Waals surface area contributed by atoms with Crippen LogP contribution in [0.25, 0.3) is 0 Å². The molecular weight excluding hydrogens is 358 g/mol. The maximum absolute atomic E-state index is 11.9. The molecule has 28 heavy (non-hydrogen) atoms. The zero-order chi connectivity index (χ0) is 20.3. The summed E-state index contributed by atoms with van der Waals surface area (Å²) in [6.07, 6.45) is 3.68. The highest BCUT2D eigenvalue weighted by molar-refractivity contribution is 5.76. The molecule has 1 aromatic rings. The number of aliphatic carboxylic acids is 1. The number of aryl methyl sites for hydroxylation is 1. The van der Waals surface area contributed by atoms with Crippen LogP contribution in [0.4, 0.5) is 0 Å². The van der Waals surface area contributed by atoms with Gasteiger partial charge in [-0.05, 0) is 66.7 Å². The van der Waals surface area contributed by atoms with Gasteiger partial charge in [-0.2, -0.15) is 5.26 Å². The Bertz CT molecular complexity index is 799. The first kappa shape index (κ1) is 20.2. The second-order valence-electron chi connectivity index (χ2n) is 8.41. The number of carbonyl (C=O) groups excluding carboxylic acids is 1. The van der Waals surface area contributed by atoms with E-state index in [2.05, 4.69) is 13.0 Å². The number of rotatable bonds is 6. The van der Waals surface area contributed by atoms with Gasteiger partial charge in [-0.1, -0.05) is 13.0 Å². The van der Waals surface area contributed by atoms with Crippen molar-refractivity contribution in [2.75, 3.05) is 6.61 Å². The minimum Gasteiger partial charge on any atom is -0.508 e. The SMILES string of the molecule is C[C@]1(COC(=O)CCC(=O)O)CC[C@@H]2c3ccc(O)cc3CC[C@H]2[C@@H]1CC#N. The Morgan fingerprint density at radius 1 is 1.32 bits per heavy atom. The lowest BCUT2D eigenvalue weighted by atomic mass is 9.54.